The zero-order chi connectivity index (χ0) is 25.8. The van der Waals surface area contributed by atoms with E-state index in [2.05, 4.69) is 4.98 Å². The summed E-state index contributed by atoms with van der Waals surface area (Å²) in [7, 11) is 1.48. The van der Waals surface area contributed by atoms with E-state index in [-0.39, 0.29) is 17.1 Å². The van der Waals surface area contributed by atoms with E-state index in [1.165, 1.54) is 25.3 Å². The Kier molecular flexibility index (Phi) is 7.12. The maximum atomic E-state index is 14.6. The van der Waals surface area contributed by atoms with Crippen molar-refractivity contribution in [1.29, 1.82) is 0 Å². The van der Waals surface area contributed by atoms with Gasteiger partial charge in [-0.3, -0.25) is 0 Å². The number of nitrogens with two attached hydrogens (primary N) is 1. The molecule has 1 heterocycles. The van der Waals surface area contributed by atoms with Gasteiger partial charge in [0, 0.05) is 18.7 Å². The van der Waals surface area contributed by atoms with Crippen molar-refractivity contribution in [2.45, 2.75) is 13.5 Å². The number of hydrogen-bond donors (Lipinski definition) is 2. The number of aryl methyl sites for hydroxylation is 1. The lowest BCUT2D eigenvalue weighted by molar-refractivity contribution is 0.0694. The van der Waals surface area contributed by atoms with Crippen molar-refractivity contribution in [3.05, 3.63) is 95.1 Å². The average molecular weight is 492 g/mol. The van der Waals surface area contributed by atoms with Crippen molar-refractivity contribution in [2.75, 3.05) is 7.11 Å². The van der Waals surface area contributed by atoms with E-state index >= 15 is 0 Å². The number of aromatic nitrogens is 1. The molecule has 0 spiro atoms. The minimum Gasteiger partial charge on any atom is -0.497 e. The smallest absolute Gasteiger partial charge is 0.339 e. The first-order valence-electron chi connectivity index (χ1n) is 10.8. The SMILES string of the molecule is COc1cc(Oc2nc(Oc3cc(C)ccc3C(=O)O)c(F)cc2F)cc(-c2cccc(CN)c2)c1. The second kappa shape index (κ2) is 10.4. The Morgan fingerprint density at radius 1 is 0.917 bits per heavy atom. The third kappa shape index (κ3) is 5.42. The molecule has 0 saturated heterocycles. The highest BCUT2D eigenvalue weighted by molar-refractivity contribution is 5.91. The van der Waals surface area contributed by atoms with Gasteiger partial charge in [-0.05, 0) is 59.5 Å². The van der Waals surface area contributed by atoms with Crippen LogP contribution in [-0.4, -0.2) is 23.2 Å². The van der Waals surface area contributed by atoms with E-state index in [0.717, 1.165) is 11.1 Å². The predicted octanol–water partition coefficient (Wildman–Crippen LogP) is 6.09. The van der Waals surface area contributed by atoms with Crippen molar-refractivity contribution in [1.82, 2.24) is 4.98 Å². The Labute approximate surface area is 205 Å². The summed E-state index contributed by atoms with van der Waals surface area (Å²) in [6.45, 7) is 2.07. The monoisotopic (exact) mass is 492 g/mol. The van der Waals surface area contributed by atoms with Crippen LogP contribution in [0.15, 0.2) is 66.7 Å². The summed E-state index contributed by atoms with van der Waals surface area (Å²) in [6.07, 6.45) is 0. The van der Waals surface area contributed by atoms with E-state index in [4.69, 9.17) is 19.9 Å². The quantitative estimate of drug-likeness (QED) is 0.307. The Hall–Kier alpha value is -4.50. The second-order valence-corrected chi connectivity index (χ2v) is 7.87. The van der Waals surface area contributed by atoms with Gasteiger partial charge in [0.15, 0.2) is 11.6 Å². The first-order valence-corrected chi connectivity index (χ1v) is 10.8. The van der Waals surface area contributed by atoms with Gasteiger partial charge in [-0.1, -0.05) is 24.3 Å². The van der Waals surface area contributed by atoms with Gasteiger partial charge in [-0.25, -0.2) is 13.6 Å². The van der Waals surface area contributed by atoms with E-state index in [0.29, 0.717) is 29.5 Å². The molecule has 7 nitrogen and oxygen atoms in total. The lowest BCUT2D eigenvalue weighted by Crippen LogP contribution is -2.03. The normalized spacial score (nSPS) is 10.7. The molecule has 0 amide bonds. The molecule has 9 heteroatoms. The van der Waals surface area contributed by atoms with Gasteiger partial charge in [0.2, 0.25) is 0 Å². The number of carbonyl (C=O) groups is 1. The van der Waals surface area contributed by atoms with Gasteiger partial charge < -0.3 is 25.1 Å². The van der Waals surface area contributed by atoms with Crippen LogP contribution < -0.4 is 19.9 Å². The Balaban J connectivity index is 1.71. The van der Waals surface area contributed by atoms with Crippen LogP contribution in [0.3, 0.4) is 0 Å². The number of hydrogen-bond acceptors (Lipinski definition) is 6. The van der Waals surface area contributed by atoms with Crippen molar-refractivity contribution < 1.29 is 32.9 Å². The van der Waals surface area contributed by atoms with Crippen LogP contribution in [0.5, 0.6) is 29.0 Å². The standard InChI is InChI=1S/C27H22F2N2O5/c1-15-6-7-21(27(32)33)24(8-15)36-26-23(29)13-22(28)25(31-26)35-20-11-18(10-19(12-20)34-2)17-5-3-4-16(9-17)14-30/h3-13H,14,30H2,1-2H3,(H,32,33). The summed E-state index contributed by atoms with van der Waals surface area (Å²) < 4.78 is 45.5. The Morgan fingerprint density at radius 2 is 1.64 bits per heavy atom. The molecule has 4 rings (SSSR count). The molecule has 0 radical (unpaired) electrons. The number of pyridine rings is 1. The minimum atomic E-state index is -1.27. The van der Waals surface area contributed by atoms with E-state index in [1.54, 1.807) is 25.1 Å². The highest BCUT2D eigenvalue weighted by Gasteiger charge is 2.19. The molecular formula is C27H22F2N2O5. The fourth-order valence-corrected chi connectivity index (χ4v) is 3.48. The molecular weight excluding hydrogens is 470 g/mol. The molecule has 184 valence electrons. The van der Waals surface area contributed by atoms with Gasteiger partial charge in [0.1, 0.15) is 22.8 Å². The van der Waals surface area contributed by atoms with Gasteiger partial charge in [0.25, 0.3) is 11.8 Å². The predicted molar refractivity (Wildman–Crippen MR) is 129 cm³/mol. The molecule has 0 aliphatic heterocycles. The largest absolute Gasteiger partial charge is 0.497 e. The molecule has 0 aliphatic rings. The molecule has 1 aromatic heterocycles. The maximum Gasteiger partial charge on any atom is 0.339 e. The van der Waals surface area contributed by atoms with Crippen molar-refractivity contribution in [2.24, 2.45) is 5.73 Å². The molecule has 3 N–H and O–H groups in total. The summed E-state index contributed by atoms with van der Waals surface area (Å²) >= 11 is 0. The van der Waals surface area contributed by atoms with Gasteiger partial charge in [0.05, 0.1) is 7.11 Å². The number of carboxylic acid groups (broad SMARTS) is 1. The van der Waals surface area contributed by atoms with E-state index in [9.17, 15) is 18.7 Å². The van der Waals surface area contributed by atoms with Crippen LogP contribution in [0.2, 0.25) is 0 Å². The number of rotatable bonds is 8. The van der Waals surface area contributed by atoms with Crippen LogP contribution in [-0.2, 0) is 6.54 Å². The molecule has 0 atom stereocenters. The van der Waals surface area contributed by atoms with E-state index < -0.39 is 29.4 Å². The highest BCUT2D eigenvalue weighted by atomic mass is 19.1. The lowest BCUT2D eigenvalue weighted by Gasteiger charge is -2.13. The molecule has 36 heavy (non-hydrogen) atoms. The van der Waals surface area contributed by atoms with Crippen LogP contribution >= 0.6 is 0 Å². The number of nitrogens with zero attached hydrogens (tertiary/aromatic N) is 1. The minimum absolute atomic E-state index is 0.144. The summed E-state index contributed by atoms with van der Waals surface area (Å²) in [5, 5.41) is 9.40. The Morgan fingerprint density at radius 3 is 2.33 bits per heavy atom. The van der Waals surface area contributed by atoms with Gasteiger partial charge in [-0.2, -0.15) is 4.98 Å². The van der Waals surface area contributed by atoms with E-state index in [1.807, 2.05) is 24.3 Å². The van der Waals surface area contributed by atoms with Crippen LogP contribution in [0, 0.1) is 18.6 Å². The zero-order valence-electron chi connectivity index (χ0n) is 19.4. The van der Waals surface area contributed by atoms with Crippen LogP contribution in [0.25, 0.3) is 11.1 Å². The zero-order valence-corrected chi connectivity index (χ0v) is 19.4. The van der Waals surface area contributed by atoms with Crippen molar-refractivity contribution >= 4 is 5.97 Å². The topological polar surface area (TPSA) is 104 Å². The third-order valence-electron chi connectivity index (χ3n) is 5.27. The number of aromatic carboxylic acids is 1. The summed E-state index contributed by atoms with van der Waals surface area (Å²) in [5.74, 6) is -4.20. The number of carboxylic acids is 1. The number of halogens is 2. The molecule has 0 aliphatic carbocycles. The van der Waals surface area contributed by atoms with Crippen LogP contribution in [0.1, 0.15) is 21.5 Å². The van der Waals surface area contributed by atoms with Crippen molar-refractivity contribution in [3.8, 4) is 40.1 Å². The summed E-state index contributed by atoms with van der Waals surface area (Å²) in [4.78, 5) is 15.4. The summed E-state index contributed by atoms with van der Waals surface area (Å²) in [6, 6.07) is 17.3. The van der Waals surface area contributed by atoms with Gasteiger partial charge in [-0.15, -0.1) is 0 Å². The molecule has 4 aromatic rings. The molecule has 0 saturated carbocycles. The first kappa shape index (κ1) is 24.6. The van der Waals surface area contributed by atoms with Gasteiger partial charge >= 0.3 is 5.97 Å². The molecule has 0 fully saturated rings. The fraction of sp³-hybridized carbons (Fsp3) is 0.111. The number of benzene rings is 3. The summed E-state index contributed by atoms with van der Waals surface area (Å²) in [5.41, 5.74) is 8.68. The average Bonchev–Trinajstić information content (AvgIpc) is 2.86. The molecule has 0 bridgehead atoms. The fourth-order valence-electron chi connectivity index (χ4n) is 3.48. The molecule has 0 unspecified atom stereocenters. The maximum absolute atomic E-state index is 14.6. The number of ether oxygens (including phenoxy) is 3. The molecule has 3 aromatic carbocycles. The highest BCUT2D eigenvalue weighted by Crippen LogP contribution is 2.35. The number of methoxy groups -OCH3 is 1. The lowest BCUT2D eigenvalue weighted by atomic mass is 10.0. The van der Waals surface area contributed by atoms with Crippen LogP contribution in [0.4, 0.5) is 8.78 Å². The Bertz CT molecular complexity index is 1440. The third-order valence-corrected chi connectivity index (χ3v) is 5.27. The van der Waals surface area contributed by atoms with Crippen molar-refractivity contribution in [3.63, 3.8) is 0 Å². The second-order valence-electron chi connectivity index (χ2n) is 7.87. The first-order chi connectivity index (χ1) is 17.3.